The van der Waals surface area contributed by atoms with Gasteiger partial charge in [0.15, 0.2) is 0 Å². The first-order valence-electron chi connectivity index (χ1n) is 12.3. The first kappa shape index (κ1) is 25.5. The molecule has 0 spiro atoms. The quantitative estimate of drug-likeness (QED) is 0.611. The molecule has 2 heterocycles. The van der Waals surface area contributed by atoms with Crippen LogP contribution in [0.15, 0.2) is 42.5 Å². The maximum absolute atomic E-state index is 13.4. The summed E-state index contributed by atoms with van der Waals surface area (Å²) in [7, 11) is 3.32. The first-order chi connectivity index (χ1) is 17.4. The molecule has 192 valence electrons. The monoisotopic (exact) mass is 495 g/mol. The Morgan fingerprint density at radius 3 is 2.64 bits per heavy atom. The van der Waals surface area contributed by atoms with Gasteiger partial charge >= 0.3 is 0 Å². The van der Waals surface area contributed by atoms with E-state index in [-0.39, 0.29) is 42.6 Å². The number of methoxy groups -OCH3 is 1. The lowest BCUT2D eigenvalue weighted by Gasteiger charge is -2.42. The number of amides is 3. The second-order valence-corrected chi connectivity index (χ2v) is 9.12. The van der Waals surface area contributed by atoms with E-state index in [1.165, 1.54) is 0 Å². The van der Waals surface area contributed by atoms with Crippen molar-refractivity contribution in [1.82, 2.24) is 10.2 Å². The lowest BCUT2D eigenvalue weighted by Crippen LogP contribution is -2.54. The topological polar surface area (TPSA) is 106 Å². The van der Waals surface area contributed by atoms with Crippen molar-refractivity contribution < 1.29 is 28.6 Å². The Bertz CT molecular complexity index is 1100. The van der Waals surface area contributed by atoms with E-state index in [0.29, 0.717) is 54.1 Å². The zero-order valence-electron chi connectivity index (χ0n) is 20.9. The van der Waals surface area contributed by atoms with Gasteiger partial charge in [-0.05, 0) is 61.7 Å². The maximum atomic E-state index is 13.4. The molecule has 3 atom stereocenters. The number of fused-ring (bicyclic) bond motifs is 2. The van der Waals surface area contributed by atoms with E-state index in [0.717, 1.165) is 6.42 Å². The van der Waals surface area contributed by atoms with E-state index < -0.39 is 0 Å². The van der Waals surface area contributed by atoms with Crippen LogP contribution in [0.4, 0.5) is 5.69 Å². The van der Waals surface area contributed by atoms with Crippen molar-refractivity contribution in [3.05, 3.63) is 53.6 Å². The molecule has 1 saturated heterocycles. The average Bonchev–Trinajstić information content (AvgIpc) is 2.89. The van der Waals surface area contributed by atoms with Gasteiger partial charge in [-0.25, -0.2) is 0 Å². The number of nitrogens with one attached hydrogen (secondary N) is 2. The summed E-state index contributed by atoms with van der Waals surface area (Å²) >= 11 is 0. The van der Waals surface area contributed by atoms with Gasteiger partial charge in [-0.3, -0.25) is 14.4 Å². The second kappa shape index (κ2) is 11.4. The third-order valence-electron chi connectivity index (χ3n) is 6.61. The van der Waals surface area contributed by atoms with Crippen molar-refractivity contribution in [2.45, 2.75) is 50.9 Å². The van der Waals surface area contributed by atoms with Crippen LogP contribution in [0.25, 0.3) is 0 Å². The number of benzene rings is 2. The van der Waals surface area contributed by atoms with Crippen LogP contribution in [-0.4, -0.2) is 68.2 Å². The third-order valence-corrected chi connectivity index (χ3v) is 6.61. The number of carbonyl (C=O) groups is 3. The van der Waals surface area contributed by atoms with Crippen molar-refractivity contribution in [2.24, 2.45) is 0 Å². The highest BCUT2D eigenvalue weighted by molar-refractivity contribution is 6.05. The summed E-state index contributed by atoms with van der Waals surface area (Å²) in [6.45, 7) is 2.92. The van der Waals surface area contributed by atoms with E-state index in [2.05, 4.69) is 10.6 Å². The van der Waals surface area contributed by atoms with Crippen molar-refractivity contribution in [2.75, 3.05) is 32.6 Å². The fourth-order valence-electron chi connectivity index (χ4n) is 4.59. The number of rotatable bonds is 7. The predicted octanol–water partition coefficient (Wildman–Crippen LogP) is 3.24. The largest absolute Gasteiger partial charge is 0.497 e. The van der Waals surface area contributed by atoms with E-state index >= 15 is 0 Å². The Morgan fingerprint density at radius 1 is 1.14 bits per heavy atom. The van der Waals surface area contributed by atoms with Crippen LogP contribution in [0.2, 0.25) is 0 Å². The minimum Gasteiger partial charge on any atom is -0.497 e. The molecule has 0 aliphatic carbocycles. The summed E-state index contributed by atoms with van der Waals surface area (Å²) in [6, 6.07) is 11.6. The number of likely N-dealkylation sites (N-methyl/N-ethyl adjacent to an activating group) is 1. The van der Waals surface area contributed by atoms with E-state index in [9.17, 15) is 14.4 Å². The molecule has 4 rings (SSSR count). The molecular weight excluding hydrogens is 462 g/mol. The van der Waals surface area contributed by atoms with Crippen LogP contribution in [0.5, 0.6) is 11.5 Å². The van der Waals surface area contributed by atoms with Crippen LogP contribution in [-0.2, 0) is 9.53 Å². The fourth-order valence-corrected chi connectivity index (χ4v) is 4.59. The van der Waals surface area contributed by atoms with Crippen molar-refractivity contribution >= 4 is 23.4 Å². The van der Waals surface area contributed by atoms with Gasteiger partial charge in [0.1, 0.15) is 24.2 Å². The normalized spacial score (nSPS) is 21.2. The molecular formula is C27H33N3O6. The molecule has 2 aliphatic rings. The lowest BCUT2D eigenvalue weighted by molar-refractivity contribution is -0.134. The molecule has 3 amide bonds. The van der Waals surface area contributed by atoms with Crippen LogP contribution in [0.3, 0.4) is 0 Å². The molecule has 0 unspecified atom stereocenters. The molecule has 0 bridgehead atoms. The molecule has 2 aromatic carbocycles. The number of nitrogens with zero attached hydrogens (tertiary/aromatic N) is 1. The van der Waals surface area contributed by atoms with Gasteiger partial charge in [0.05, 0.1) is 31.2 Å². The molecule has 36 heavy (non-hydrogen) atoms. The summed E-state index contributed by atoms with van der Waals surface area (Å²) in [5.74, 6) is 0.572. The molecule has 2 aliphatic heterocycles. The molecule has 9 heteroatoms. The summed E-state index contributed by atoms with van der Waals surface area (Å²) in [6.07, 6.45) is 2.04. The Labute approximate surface area is 211 Å². The highest BCUT2D eigenvalue weighted by Crippen LogP contribution is 2.32. The van der Waals surface area contributed by atoms with Crippen LogP contribution in [0.1, 0.15) is 53.3 Å². The van der Waals surface area contributed by atoms with Crippen molar-refractivity contribution in [3.63, 3.8) is 0 Å². The van der Waals surface area contributed by atoms with E-state index in [1.54, 1.807) is 61.5 Å². The molecule has 0 saturated carbocycles. The number of ether oxygens (including phenoxy) is 3. The van der Waals surface area contributed by atoms with Gasteiger partial charge in [-0.15, -0.1) is 0 Å². The molecule has 9 nitrogen and oxygen atoms in total. The Kier molecular flexibility index (Phi) is 8.10. The summed E-state index contributed by atoms with van der Waals surface area (Å²) < 4.78 is 17.3. The molecule has 0 radical (unpaired) electrons. The fraction of sp³-hybridized carbons (Fsp3) is 0.444. The summed E-state index contributed by atoms with van der Waals surface area (Å²) in [5.41, 5.74) is 1.35. The Hall–Kier alpha value is -3.59. The molecule has 0 aromatic heterocycles. The minimum absolute atomic E-state index is 0.0222. The van der Waals surface area contributed by atoms with Crippen LogP contribution >= 0.6 is 0 Å². The van der Waals surface area contributed by atoms with Gasteiger partial charge in [-0.1, -0.05) is 6.92 Å². The molecule has 2 N–H and O–H groups in total. The number of hydrogen-bond donors (Lipinski definition) is 2. The summed E-state index contributed by atoms with van der Waals surface area (Å²) in [5, 5.41) is 5.73. The molecule has 1 fully saturated rings. The van der Waals surface area contributed by atoms with E-state index in [4.69, 9.17) is 14.2 Å². The Morgan fingerprint density at radius 2 is 1.92 bits per heavy atom. The van der Waals surface area contributed by atoms with Crippen LogP contribution in [0, 0.1) is 0 Å². The smallest absolute Gasteiger partial charge is 0.257 e. The predicted molar refractivity (Wildman–Crippen MR) is 135 cm³/mol. The third kappa shape index (κ3) is 5.79. The van der Waals surface area contributed by atoms with Gasteiger partial charge in [0, 0.05) is 24.8 Å². The SMILES string of the molecule is CCCNC(=O)C[C@@H]1CC[C@H]2[C@H](COc3ccc(NC(=O)c4ccc(OC)cc4)cc3C(=O)N2C)O1. The van der Waals surface area contributed by atoms with Gasteiger partial charge in [-0.2, -0.15) is 0 Å². The molecule has 2 aromatic rings. The number of hydrogen-bond acceptors (Lipinski definition) is 6. The van der Waals surface area contributed by atoms with Gasteiger partial charge < -0.3 is 29.7 Å². The second-order valence-electron chi connectivity index (χ2n) is 9.12. The Balaban J connectivity index is 1.45. The zero-order chi connectivity index (χ0) is 25.7. The number of carbonyl (C=O) groups excluding carboxylic acids is 3. The van der Waals surface area contributed by atoms with E-state index in [1.807, 2.05) is 6.92 Å². The highest BCUT2D eigenvalue weighted by atomic mass is 16.5. The minimum atomic E-state index is -0.334. The van der Waals surface area contributed by atoms with Gasteiger partial charge in [0.25, 0.3) is 11.8 Å². The standard InChI is InChI=1S/C27H33N3O6/c1-4-13-28-25(31)15-20-10-11-22-24(36-20)16-35-23-12-7-18(14-21(23)27(33)30(22)2)29-26(32)17-5-8-19(34-3)9-6-17/h5-9,12,14,20,22,24H,4,10-11,13,15-16H2,1-3H3,(H,28,31)(H,29,32)/t20-,22-,24-/m0/s1. The highest BCUT2D eigenvalue weighted by Gasteiger charge is 2.39. The maximum Gasteiger partial charge on any atom is 0.257 e. The van der Waals surface area contributed by atoms with Crippen molar-refractivity contribution in [1.29, 1.82) is 0 Å². The number of anilines is 1. The van der Waals surface area contributed by atoms with Crippen LogP contribution < -0.4 is 20.1 Å². The van der Waals surface area contributed by atoms with Crippen molar-refractivity contribution in [3.8, 4) is 11.5 Å². The lowest BCUT2D eigenvalue weighted by atomic mass is 9.94. The average molecular weight is 496 g/mol. The first-order valence-corrected chi connectivity index (χ1v) is 12.3. The van der Waals surface area contributed by atoms with Gasteiger partial charge in [0.2, 0.25) is 5.91 Å². The zero-order valence-corrected chi connectivity index (χ0v) is 20.9. The summed E-state index contributed by atoms with van der Waals surface area (Å²) in [4.78, 5) is 39.9.